The Hall–Kier alpha value is -2.88. The Morgan fingerprint density at radius 2 is 2.07 bits per heavy atom. The van der Waals surface area contributed by atoms with E-state index in [9.17, 15) is 23.1 Å². The molecule has 3 rings (SSSR count). The third-order valence-electron chi connectivity index (χ3n) is 4.40. The predicted octanol–water partition coefficient (Wildman–Crippen LogP) is 3.16. The van der Waals surface area contributed by atoms with E-state index in [-0.39, 0.29) is 30.8 Å². The van der Waals surface area contributed by atoms with Gasteiger partial charge in [-0.15, -0.1) is 0 Å². The fourth-order valence-corrected chi connectivity index (χ4v) is 2.79. The zero-order chi connectivity index (χ0) is 20.5. The van der Waals surface area contributed by atoms with Crippen molar-refractivity contribution in [3.63, 3.8) is 0 Å². The van der Waals surface area contributed by atoms with Gasteiger partial charge in [-0.2, -0.15) is 18.2 Å². The molecule has 0 aliphatic carbocycles. The molecule has 0 radical (unpaired) electrons. The summed E-state index contributed by atoms with van der Waals surface area (Å²) in [6.07, 6.45) is -3.71. The summed E-state index contributed by atoms with van der Waals surface area (Å²) >= 11 is 0. The van der Waals surface area contributed by atoms with E-state index in [2.05, 4.69) is 25.9 Å². The normalized spacial score (nSPS) is 14.6. The number of anilines is 4. The first kappa shape index (κ1) is 19.9. The monoisotopic (exact) mass is 395 g/mol. The number of aliphatic hydroxyl groups is 1. The van der Waals surface area contributed by atoms with Gasteiger partial charge < -0.3 is 21.1 Å². The van der Waals surface area contributed by atoms with Crippen LogP contribution in [0, 0.1) is 5.92 Å². The van der Waals surface area contributed by atoms with Gasteiger partial charge in [-0.1, -0.05) is 13.8 Å². The van der Waals surface area contributed by atoms with Crippen molar-refractivity contribution >= 4 is 29.0 Å². The second-order valence-corrected chi connectivity index (χ2v) is 6.85. The van der Waals surface area contributed by atoms with E-state index in [4.69, 9.17) is 0 Å². The third kappa shape index (κ3) is 4.33. The number of hydrogen-bond acceptors (Lipinski definition) is 6. The number of aliphatic hydroxyl groups excluding tert-OH is 1. The molecule has 1 aromatic carbocycles. The van der Waals surface area contributed by atoms with Gasteiger partial charge in [0.05, 0.1) is 19.1 Å². The zero-order valence-corrected chi connectivity index (χ0v) is 15.3. The van der Waals surface area contributed by atoms with Crippen molar-refractivity contribution in [2.24, 2.45) is 5.92 Å². The molecule has 1 aromatic heterocycles. The Kier molecular flexibility index (Phi) is 5.41. The van der Waals surface area contributed by atoms with Crippen LogP contribution in [0.4, 0.5) is 36.3 Å². The number of fused-ring (bicyclic) bond motifs is 1. The number of hydrogen-bond donors (Lipinski definition) is 4. The topological polar surface area (TPSA) is 99.2 Å². The van der Waals surface area contributed by atoms with Gasteiger partial charge in [-0.05, 0) is 29.7 Å². The molecule has 4 N–H and O–H groups in total. The molecule has 7 nitrogen and oxygen atoms in total. The van der Waals surface area contributed by atoms with Gasteiger partial charge >= 0.3 is 6.18 Å². The molecule has 0 saturated carbocycles. The molecule has 0 bridgehead atoms. The fraction of sp³-hybridized carbons (Fsp3) is 0.389. The van der Waals surface area contributed by atoms with Gasteiger partial charge in [-0.3, -0.25) is 4.79 Å². The molecule has 1 aliphatic rings. The average molecular weight is 395 g/mol. The Morgan fingerprint density at radius 1 is 1.32 bits per heavy atom. The summed E-state index contributed by atoms with van der Waals surface area (Å²) < 4.78 is 39.9. The molecular formula is C18H20F3N5O2. The summed E-state index contributed by atoms with van der Waals surface area (Å²) in [5.41, 5.74) is 1.01. The van der Waals surface area contributed by atoms with Crippen molar-refractivity contribution in [1.29, 1.82) is 0 Å². The Labute approximate surface area is 159 Å². The maximum absolute atomic E-state index is 13.3. The van der Waals surface area contributed by atoms with Crippen LogP contribution >= 0.6 is 0 Å². The molecule has 1 aliphatic heterocycles. The lowest BCUT2D eigenvalue weighted by Gasteiger charge is -2.23. The molecule has 150 valence electrons. The Bertz CT molecular complexity index is 886. The van der Waals surface area contributed by atoms with Crippen LogP contribution in [0.5, 0.6) is 0 Å². The Morgan fingerprint density at radius 3 is 2.71 bits per heavy atom. The minimum atomic E-state index is -4.64. The van der Waals surface area contributed by atoms with Crippen LogP contribution in [0.1, 0.15) is 25.0 Å². The van der Waals surface area contributed by atoms with Crippen LogP contribution in [0.25, 0.3) is 0 Å². The van der Waals surface area contributed by atoms with Crippen molar-refractivity contribution in [2.45, 2.75) is 32.5 Å². The first-order chi connectivity index (χ1) is 13.2. The van der Waals surface area contributed by atoms with Gasteiger partial charge in [0.2, 0.25) is 11.9 Å². The van der Waals surface area contributed by atoms with Crippen LogP contribution in [-0.4, -0.2) is 33.6 Å². The van der Waals surface area contributed by atoms with Crippen molar-refractivity contribution in [2.75, 3.05) is 22.6 Å². The molecule has 0 fully saturated rings. The summed E-state index contributed by atoms with van der Waals surface area (Å²) in [6.45, 7) is 3.22. The van der Waals surface area contributed by atoms with E-state index in [1.165, 1.54) is 0 Å². The number of alkyl halides is 3. The predicted molar refractivity (Wildman–Crippen MR) is 98.4 cm³/mol. The molecule has 1 atom stereocenters. The van der Waals surface area contributed by atoms with Gasteiger partial charge in [0.1, 0.15) is 11.4 Å². The van der Waals surface area contributed by atoms with Crippen LogP contribution in [0.2, 0.25) is 0 Å². The molecule has 10 heteroatoms. The van der Waals surface area contributed by atoms with Crippen molar-refractivity contribution in [3.8, 4) is 0 Å². The van der Waals surface area contributed by atoms with Crippen molar-refractivity contribution in [3.05, 3.63) is 35.5 Å². The van der Waals surface area contributed by atoms with Gasteiger partial charge in [-0.25, -0.2) is 4.98 Å². The number of carbonyl (C=O) groups excluding carboxylic acids is 1. The number of carbonyl (C=O) groups is 1. The summed E-state index contributed by atoms with van der Waals surface area (Å²) in [4.78, 5) is 19.2. The Balaban J connectivity index is 1.89. The average Bonchev–Trinajstić information content (AvgIpc) is 2.97. The summed E-state index contributed by atoms with van der Waals surface area (Å²) in [7, 11) is 0. The largest absolute Gasteiger partial charge is 0.421 e. The first-order valence-corrected chi connectivity index (χ1v) is 8.69. The van der Waals surface area contributed by atoms with E-state index in [0.717, 1.165) is 5.56 Å². The lowest BCUT2D eigenvalue weighted by Crippen LogP contribution is -2.31. The number of nitrogens with one attached hydrogen (secondary N) is 3. The maximum Gasteiger partial charge on any atom is 0.421 e. The van der Waals surface area contributed by atoms with Gasteiger partial charge in [0.25, 0.3) is 0 Å². The summed E-state index contributed by atoms with van der Waals surface area (Å²) in [5, 5.41) is 17.7. The van der Waals surface area contributed by atoms with Gasteiger partial charge in [0.15, 0.2) is 0 Å². The van der Waals surface area contributed by atoms with Crippen LogP contribution in [-0.2, 0) is 17.4 Å². The number of nitrogens with zero attached hydrogens (tertiary/aromatic N) is 2. The molecule has 1 amide bonds. The van der Waals surface area contributed by atoms with Gasteiger partial charge in [0, 0.05) is 17.6 Å². The second kappa shape index (κ2) is 7.63. The number of benzene rings is 1. The lowest BCUT2D eigenvalue weighted by molar-refractivity contribution is -0.137. The van der Waals surface area contributed by atoms with E-state index in [1.54, 1.807) is 32.0 Å². The molecule has 2 aromatic rings. The van der Waals surface area contributed by atoms with E-state index >= 15 is 0 Å². The van der Waals surface area contributed by atoms with Crippen LogP contribution in [0.3, 0.4) is 0 Å². The number of halogens is 3. The zero-order valence-electron chi connectivity index (χ0n) is 15.3. The van der Waals surface area contributed by atoms with Crippen LogP contribution in [0.15, 0.2) is 24.4 Å². The second-order valence-electron chi connectivity index (χ2n) is 6.85. The highest BCUT2D eigenvalue weighted by Crippen LogP contribution is 2.35. The number of aromatic nitrogens is 2. The third-order valence-corrected chi connectivity index (χ3v) is 4.40. The lowest BCUT2D eigenvalue weighted by atomic mass is 10.1. The van der Waals surface area contributed by atoms with E-state index in [0.29, 0.717) is 17.6 Å². The summed E-state index contributed by atoms with van der Waals surface area (Å²) in [5.74, 6) is -0.670. The molecule has 0 saturated heterocycles. The standard InChI is InChI=1S/C18H20F3N5O2/c1-9(2)14(8-27)25-16-12(18(19,20)21)7-22-17(26-16)23-11-3-4-13-10(5-11)6-15(28)24-13/h3-5,7,9,14,27H,6,8H2,1-2H3,(H,24,28)(H2,22,23,25,26)/t14-/m0/s1. The minimum Gasteiger partial charge on any atom is -0.394 e. The highest BCUT2D eigenvalue weighted by Gasteiger charge is 2.36. The quantitative estimate of drug-likeness (QED) is 0.600. The highest BCUT2D eigenvalue weighted by atomic mass is 19.4. The van der Waals surface area contributed by atoms with E-state index < -0.39 is 23.6 Å². The number of amides is 1. The molecule has 2 heterocycles. The van der Waals surface area contributed by atoms with Crippen LogP contribution < -0.4 is 16.0 Å². The van der Waals surface area contributed by atoms with E-state index in [1.807, 2.05) is 0 Å². The van der Waals surface area contributed by atoms with Crippen molar-refractivity contribution < 1.29 is 23.1 Å². The van der Waals surface area contributed by atoms with Crippen molar-refractivity contribution in [1.82, 2.24) is 9.97 Å². The molecular weight excluding hydrogens is 375 g/mol. The fourth-order valence-electron chi connectivity index (χ4n) is 2.79. The number of rotatable bonds is 6. The molecule has 0 spiro atoms. The minimum absolute atomic E-state index is 0.0341. The SMILES string of the molecule is CC(C)[C@H](CO)Nc1nc(Nc2ccc3c(c2)CC(=O)N3)ncc1C(F)(F)F. The highest BCUT2D eigenvalue weighted by molar-refractivity contribution is 5.99. The smallest absolute Gasteiger partial charge is 0.394 e. The summed E-state index contributed by atoms with van der Waals surface area (Å²) in [6, 6.07) is 4.49. The molecule has 0 unspecified atom stereocenters. The maximum atomic E-state index is 13.3. The first-order valence-electron chi connectivity index (χ1n) is 8.69. The molecule has 28 heavy (non-hydrogen) atoms.